The summed E-state index contributed by atoms with van der Waals surface area (Å²) in [6.45, 7) is 4.33. The van der Waals surface area contributed by atoms with Crippen LogP contribution in [0.1, 0.15) is 25.6 Å². The summed E-state index contributed by atoms with van der Waals surface area (Å²) in [7, 11) is 1.73. The lowest BCUT2D eigenvalue weighted by Crippen LogP contribution is -2.30. The first-order valence-electron chi connectivity index (χ1n) is 4.86. The van der Waals surface area contributed by atoms with E-state index in [1.807, 2.05) is 6.92 Å². The van der Waals surface area contributed by atoms with E-state index in [4.69, 9.17) is 0 Å². The molecule has 0 spiro atoms. The molecule has 0 fully saturated rings. The van der Waals surface area contributed by atoms with Gasteiger partial charge in [0.2, 0.25) is 5.91 Å². The van der Waals surface area contributed by atoms with E-state index in [9.17, 15) is 9.90 Å². The number of carbonyl (C=O) groups is 1. The summed E-state index contributed by atoms with van der Waals surface area (Å²) in [4.78, 5) is 13.1. The molecule has 0 aliphatic heterocycles. The van der Waals surface area contributed by atoms with Crippen LogP contribution >= 0.6 is 0 Å². The molecule has 1 unspecified atom stereocenters. The molecule has 84 valence electrons. The molecule has 15 heavy (non-hydrogen) atoms. The second kappa shape index (κ2) is 4.88. The smallest absolute Gasteiger partial charge is 0.244 e. The van der Waals surface area contributed by atoms with Crippen molar-refractivity contribution in [1.82, 2.24) is 19.9 Å². The van der Waals surface area contributed by atoms with E-state index in [2.05, 4.69) is 10.3 Å². The van der Waals surface area contributed by atoms with Crippen molar-refractivity contribution in [2.24, 2.45) is 0 Å². The van der Waals surface area contributed by atoms with E-state index >= 15 is 0 Å². The third-order valence-corrected chi connectivity index (χ3v) is 2.18. The first-order chi connectivity index (χ1) is 7.04. The molecule has 1 rings (SSSR count). The molecule has 1 N–H and O–H groups in total. The molecule has 0 radical (unpaired) electrons. The highest BCUT2D eigenvalue weighted by atomic mass is 16.3. The fourth-order valence-electron chi connectivity index (χ4n) is 1.02. The second-order valence-corrected chi connectivity index (χ2v) is 3.42. The Bertz CT molecular complexity index is 335. The highest BCUT2D eigenvalue weighted by Crippen LogP contribution is 2.06. The van der Waals surface area contributed by atoms with E-state index in [0.29, 0.717) is 12.2 Å². The van der Waals surface area contributed by atoms with Crippen LogP contribution in [-0.4, -0.2) is 44.5 Å². The van der Waals surface area contributed by atoms with Gasteiger partial charge in [0, 0.05) is 13.6 Å². The number of hydrogen-bond donors (Lipinski definition) is 1. The van der Waals surface area contributed by atoms with Crippen molar-refractivity contribution >= 4 is 5.91 Å². The zero-order valence-corrected chi connectivity index (χ0v) is 9.21. The third-order valence-electron chi connectivity index (χ3n) is 2.18. The van der Waals surface area contributed by atoms with Crippen LogP contribution in [0.15, 0.2) is 6.20 Å². The zero-order chi connectivity index (χ0) is 11.4. The lowest BCUT2D eigenvalue weighted by atomic mass is 10.3. The molecule has 1 heterocycles. The molecule has 6 nitrogen and oxygen atoms in total. The highest BCUT2D eigenvalue weighted by molar-refractivity contribution is 5.75. The minimum absolute atomic E-state index is 0.0282. The lowest BCUT2D eigenvalue weighted by molar-refractivity contribution is -0.130. The number of amides is 1. The van der Waals surface area contributed by atoms with Crippen LogP contribution in [0.4, 0.5) is 0 Å². The maximum Gasteiger partial charge on any atom is 0.244 e. The molecule has 0 saturated heterocycles. The molecule has 6 heteroatoms. The normalized spacial score (nSPS) is 12.5. The van der Waals surface area contributed by atoms with Gasteiger partial charge < -0.3 is 10.0 Å². The van der Waals surface area contributed by atoms with Gasteiger partial charge in [0.25, 0.3) is 0 Å². The highest BCUT2D eigenvalue weighted by Gasteiger charge is 2.11. The number of carbonyl (C=O) groups excluding carboxylic acids is 1. The van der Waals surface area contributed by atoms with Gasteiger partial charge in [-0.15, -0.1) is 5.10 Å². The number of aromatic nitrogens is 3. The van der Waals surface area contributed by atoms with Gasteiger partial charge in [-0.3, -0.25) is 4.79 Å². The SMILES string of the molecule is CCN(C)C(=O)Cn1cc(C(C)O)nn1. The maximum absolute atomic E-state index is 11.5. The Morgan fingerprint density at radius 2 is 2.40 bits per heavy atom. The fourth-order valence-corrected chi connectivity index (χ4v) is 1.02. The van der Waals surface area contributed by atoms with Crippen molar-refractivity contribution in [2.75, 3.05) is 13.6 Å². The van der Waals surface area contributed by atoms with Gasteiger partial charge in [-0.25, -0.2) is 4.68 Å². The molecule has 1 amide bonds. The molecule has 1 aromatic heterocycles. The minimum atomic E-state index is -0.655. The van der Waals surface area contributed by atoms with Crippen LogP contribution < -0.4 is 0 Å². The summed E-state index contributed by atoms with van der Waals surface area (Å²) in [5, 5.41) is 16.7. The van der Waals surface area contributed by atoms with Crippen molar-refractivity contribution in [3.05, 3.63) is 11.9 Å². The predicted octanol–water partition coefficient (Wildman–Crippen LogP) is -0.190. The molecule has 1 aromatic rings. The minimum Gasteiger partial charge on any atom is -0.387 e. The number of nitrogens with zero attached hydrogens (tertiary/aromatic N) is 4. The Balaban J connectivity index is 2.61. The average molecular weight is 212 g/mol. The molecule has 0 bridgehead atoms. The molecule has 0 aromatic carbocycles. The van der Waals surface area contributed by atoms with E-state index in [-0.39, 0.29) is 12.5 Å². The third kappa shape index (κ3) is 3.02. The maximum atomic E-state index is 11.5. The standard InChI is InChI=1S/C9H16N4O2/c1-4-12(3)9(15)6-13-5-8(7(2)14)10-11-13/h5,7,14H,4,6H2,1-3H3. The predicted molar refractivity (Wildman–Crippen MR) is 54.0 cm³/mol. The van der Waals surface area contributed by atoms with Gasteiger partial charge >= 0.3 is 0 Å². The van der Waals surface area contributed by atoms with Crippen LogP contribution in [0.3, 0.4) is 0 Å². The van der Waals surface area contributed by atoms with Crippen LogP contribution in [-0.2, 0) is 11.3 Å². The Kier molecular flexibility index (Phi) is 3.79. The first kappa shape index (κ1) is 11.6. The second-order valence-electron chi connectivity index (χ2n) is 3.42. The molecule has 0 aliphatic carbocycles. The van der Waals surface area contributed by atoms with Crippen LogP contribution in [0, 0.1) is 0 Å². The number of aliphatic hydroxyl groups is 1. The quantitative estimate of drug-likeness (QED) is 0.751. The number of rotatable bonds is 4. The first-order valence-corrected chi connectivity index (χ1v) is 4.86. The van der Waals surface area contributed by atoms with Crippen LogP contribution in [0.25, 0.3) is 0 Å². The molecule has 1 atom stereocenters. The summed E-state index contributed by atoms with van der Waals surface area (Å²) in [5.74, 6) is -0.0282. The van der Waals surface area contributed by atoms with Crippen LogP contribution in [0.5, 0.6) is 0 Å². The van der Waals surface area contributed by atoms with Crippen LogP contribution in [0.2, 0.25) is 0 Å². The van der Waals surface area contributed by atoms with E-state index in [1.165, 1.54) is 4.68 Å². The summed E-state index contributed by atoms with van der Waals surface area (Å²) >= 11 is 0. The monoisotopic (exact) mass is 212 g/mol. The van der Waals surface area contributed by atoms with Crippen molar-refractivity contribution in [2.45, 2.75) is 26.5 Å². The average Bonchev–Trinajstić information content (AvgIpc) is 2.65. The fraction of sp³-hybridized carbons (Fsp3) is 0.667. The van der Waals surface area contributed by atoms with Gasteiger partial charge in [-0.05, 0) is 13.8 Å². The largest absolute Gasteiger partial charge is 0.387 e. The van der Waals surface area contributed by atoms with E-state index < -0.39 is 6.10 Å². The van der Waals surface area contributed by atoms with Gasteiger partial charge in [-0.2, -0.15) is 0 Å². The lowest BCUT2D eigenvalue weighted by Gasteiger charge is -2.13. The molecular formula is C9H16N4O2. The Morgan fingerprint density at radius 1 is 1.73 bits per heavy atom. The molecule has 0 aliphatic rings. The number of likely N-dealkylation sites (N-methyl/N-ethyl adjacent to an activating group) is 1. The summed E-state index contributed by atoms with van der Waals surface area (Å²) in [6, 6.07) is 0. The van der Waals surface area contributed by atoms with Crippen molar-refractivity contribution in [3.63, 3.8) is 0 Å². The Hall–Kier alpha value is -1.43. The summed E-state index contributed by atoms with van der Waals surface area (Å²) in [5.41, 5.74) is 0.474. The Labute approximate surface area is 88.5 Å². The van der Waals surface area contributed by atoms with E-state index in [0.717, 1.165) is 0 Å². The summed E-state index contributed by atoms with van der Waals surface area (Å²) in [6.07, 6.45) is 0.921. The summed E-state index contributed by atoms with van der Waals surface area (Å²) < 4.78 is 1.43. The topological polar surface area (TPSA) is 71.2 Å². The number of aliphatic hydroxyl groups excluding tert-OH is 1. The van der Waals surface area contributed by atoms with Crippen molar-refractivity contribution < 1.29 is 9.90 Å². The van der Waals surface area contributed by atoms with Gasteiger partial charge in [0.15, 0.2) is 0 Å². The molecular weight excluding hydrogens is 196 g/mol. The van der Waals surface area contributed by atoms with Gasteiger partial charge in [-0.1, -0.05) is 5.21 Å². The molecule has 0 saturated carbocycles. The van der Waals surface area contributed by atoms with E-state index in [1.54, 1.807) is 25.1 Å². The Morgan fingerprint density at radius 3 is 2.87 bits per heavy atom. The van der Waals surface area contributed by atoms with Gasteiger partial charge in [0.1, 0.15) is 12.2 Å². The number of hydrogen-bond acceptors (Lipinski definition) is 4. The van der Waals surface area contributed by atoms with Crippen molar-refractivity contribution in [1.29, 1.82) is 0 Å². The van der Waals surface area contributed by atoms with Gasteiger partial charge in [0.05, 0.1) is 12.3 Å². The van der Waals surface area contributed by atoms with Crippen molar-refractivity contribution in [3.8, 4) is 0 Å². The zero-order valence-electron chi connectivity index (χ0n) is 9.21.